The molecular formula is C48H47N5O5. The van der Waals surface area contributed by atoms with Crippen LogP contribution in [0.25, 0.3) is 33.5 Å². The van der Waals surface area contributed by atoms with Gasteiger partial charge in [0.1, 0.15) is 36.3 Å². The van der Waals surface area contributed by atoms with E-state index in [0.29, 0.717) is 30.4 Å². The van der Waals surface area contributed by atoms with Crippen LogP contribution in [-0.2, 0) is 53.4 Å². The number of ether oxygens (including phenoxy) is 3. The average Bonchev–Trinajstić information content (AvgIpc) is 3.82. The molecule has 1 N–H and O–H groups in total. The molecule has 0 fully saturated rings. The first-order chi connectivity index (χ1) is 28.1. The molecule has 10 heteroatoms. The van der Waals surface area contributed by atoms with Gasteiger partial charge in [0.15, 0.2) is 5.82 Å². The van der Waals surface area contributed by atoms with Crippen molar-refractivity contribution in [3.05, 3.63) is 161 Å². The van der Waals surface area contributed by atoms with Crippen LogP contribution in [0.1, 0.15) is 61.3 Å². The molecule has 8 rings (SSSR count). The van der Waals surface area contributed by atoms with Gasteiger partial charge in [-0.1, -0.05) is 110 Å². The van der Waals surface area contributed by atoms with E-state index >= 15 is 0 Å². The fraction of sp³-hybridized carbons (Fsp3) is 0.250. The maximum atomic E-state index is 13.9. The van der Waals surface area contributed by atoms with Crippen LogP contribution in [0.15, 0.2) is 127 Å². The van der Waals surface area contributed by atoms with Gasteiger partial charge in [-0.2, -0.15) is 5.10 Å². The summed E-state index contributed by atoms with van der Waals surface area (Å²) in [5.74, 6) is 0.972. The molecule has 7 aromatic rings. The number of H-pyrrole nitrogens is 1. The number of hydrogen-bond acceptors (Lipinski definition) is 7. The predicted molar refractivity (Wildman–Crippen MR) is 224 cm³/mol. The van der Waals surface area contributed by atoms with Gasteiger partial charge in [-0.05, 0) is 84.8 Å². The highest BCUT2D eigenvalue weighted by Crippen LogP contribution is 2.36. The monoisotopic (exact) mass is 773 g/mol. The standard InChI is InChI=1S/C48H47N5O5/c1-5-35-25-37(56-30-33-17-11-7-12-18-33)22-24-38(35)36-21-23-39-40(26-36)50-51-44(39)45-49-41-29-53(47(55)58-48(2,3)4)43(46(54)57-31-34-19-13-8-14-20-34)27-42(41)52(45)28-32-15-9-6-10-16-32/h6-26,43H,5,27-31H2,1-4H3,(H,50,51)/t43-/m0/s1. The molecule has 0 saturated heterocycles. The Morgan fingerprint density at radius 2 is 1.48 bits per heavy atom. The fourth-order valence-electron chi connectivity index (χ4n) is 7.45. The van der Waals surface area contributed by atoms with E-state index in [2.05, 4.69) is 71.2 Å². The van der Waals surface area contributed by atoms with Crippen LogP contribution in [-0.4, -0.2) is 48.4 Å². The number of esters is 1. The first-order valence-corrected chi connectivity index (χ1v) is 19.7. The third-order valence-corrected chi connectivity index (χ3v) is 10.3. The predicted octanol–water partition coefficient (Wildman–Crippen LogP) is 9.69. The lowest BCUT2D eigenvalue weighted by Crippen LogP contribution is -2.51. The van der Waals surface area contributed by atoms with E-state index in [9.17, 15) is 9.59 Å². The third-order valence-electron chi connectivity index (χ3n) is 10.3. The molecule has 10 nitrogen and oxygen atoms in total. The molecule has 1 amide bonds. The summed E-state index contributed by atoms with van der Waals surface area (Å²) in [7, 11) is 0. The van der Waals surface area contributed by atoms with E-state index in [0.717, 1.165) is 56.6 Å². The number of aromatic nitrogens is 4. The Morgan fingerprint density at radius 3 is 2.16 bits per heavy atom. The molecule has 0 spiro atoms. The molecule has 0 aliphatic carbocycles. The zero-order valence-electron chi connectivity index (χ0n) is 33.3. The Bertz CT molecular complexity index is 2540. The molecule has 2 aromatic heterocycles. The van der Waals surface area contributed by atoms with Gasteiger partial charge < -0.3 is 18.8 Å². The number of nitrogens with one attached hydrogen (secondary N) is 1. The molecule has 0 bridgehead atoms. The lowest BCUT2D eigenvalue weighted by atomic mass is 9.96. The molecule has 0 unspecified atom stereocenters. The quantitative estimate of drug-likeness (QED) is 0.130. The average molecular weight is 774 g/mol. The maximum absolute atomic E-state index is 13.9. The minimum Gasteiger partial charge on any atom is -0.489 e. The van der Waals surface area contributed by atoms with E-state index in [1.54, 1.807) is 0 Å². The van der Waals surface area contributed by atoms with Crippen molar-refractivity contribution >= 4 is 23.0 Å². The minimum atomic E-state index is -0.925. The highest BCUT2D eigenvalue weighted by atomic mass is 16.6. The smallest absolute Gasteiger partial charge is 0.411 e. The molecule has 1 aliphatic heterocycles. The van der Waals surface area contributed by atoms with Crippen molar-refractivity contribution < 1.29 is 23.8 Å². The van der Waals surface area contributed by atoms with Gasteiger partial charge in [0.05, 0.1) is 17.8 Å². The Hall–Kier alpha value is -6.68. The number of carbonyl (C=O) groups excluding carboxylic acids is 2. The number of amides is 1. The number of rotatable bonds is 11. The molecule has 1 aliphatic rings. The molecule has 0 radical (unpaired) electrons. The molecule has 5 aromatic carbocycles. The zero-order chi connectivity index (χ0) is 40.2. The number of fused-ring (bicyclic) bond motifs is 2. The van der Waals surface area contributed by atoms with Gasteiger partial charge in [-0.3, -0.25) is 10.00 Å². The molecular weight excluding hydrogens is 727 g/mol. The van der Waals surface area contributed by atoms with Gasteiger partial charge in [-0.15, -0.1) is 0 Å². The summed E-state index contributed by atoms with van der Waals surface area (Å²) in [6.07, 6.45) is 0.437. The third kappa shape index (κ3) is 8.37. The Kier molecular flexibility index (Phi) is 10.8. The maximum Gasteiger partial charge on any atom is 0.411 e. The van der Waals surface area contributed by atoms with Crippen molar-refractivity contribution in [3.63, 3.8) is 0 Å². The largest absolute Gasteiger partial charge is 0.489 e. The lowest BCUT2D eigenvalue weighted by Gasteiger charge is -2.35. The van der Waals surface area contributed by atoms with E-state index < -0.39 is 23.7 Å². The van der Waals surface area contributed by atoms with Crippen LogP contribution < -0.4 is 4.74 Å². The van der Waals surface area contributed by atoms with Crippen molar-refractivity contribution in [1.29, 1.82) is 0 Å². The Balaban J connectivity index is 1.14. The van der Waals surface area contributed by atoms with Crippen LogP contribution in [0, 0.1) is 0 Å². The summed E-state index contributed by atoms with van der Waals surface area (Å²) in [6.45, 7) is 8.73. The van der Waals surface area contributed by atoms with Crippen molar-refractivity contribution in [2.75, 3.05) is 0 Å². The van der Waals surface area contributed by atoms with Crippen molar-refractivity contribution in [3.8, 4) is 28.4 Å². The second-order valence-electron chi connectivity index (χ2n) is 15.6. The number of imidazole rings is 1. The molecule has 0 saturated carbocycles. The second kappa shape index (κ2) is 16.4. The van der Waals surface area contributed by atoms with Gasteiger partial charge in [0.2, 0.25) is 0 Å². The Morgan fingerprint density at radius 1 is 0.810 bits per heavy atom. The first kappa shape index (κ1) is 38.2. The number of nitrogens with zero attached hydrogens (tertiary/aromatic N) is 4. The summed E-state index contributed by atoms with van der Waals surface area (Å²) >= 11 is 0. The topological polar surface area (TPSA) is 112 Å². The molecule has 58 heavy (non-hydrogen) atoms. The molecule has 294 valence electrons. The van der Waals surface area contributed by atoms with Gasteiger partial charge in [0.25, 0.3) is 0 Å². The number of aryl methyl sites for hydroxylation is 1. The second-order valence-corrected chi connectivity index (χ2v) is 15.6. The summed E-state index contributed by atoms with van der Waals surface area (Å²) in [5.41, 5.74) is 8.71. The zero-order valence-corrected chi connectivity index (χ0v) is 33.3. The lowest BCUT2D eigenvalue weighted by molar-refractivity contribution is -0.152. The van der Waals surface area contributed by atoms with E-state index in [1.807, 2.05) is 93.6 Å². The van der Waals surface area contributed by atoms with E-state index in [4.69, 9.17) is 24.3 Å². The minimum absolute atomic E-state index is 0.0709. The van der Waals surface area contributed by atoms with Crippen molar-refractivity contribution in [2.24, 2.45) is 0 Å². The van der Waals surface area contributed by atoms with Crippen molar-refractivity contribution in [1.82, 2.24) is 24.6 Å². The van der Waals surface area contributed by atoms with Crippen LogP contribution in [0.4, 0.5) is 4.79 Å². The van der Waals surface area contributed by atoms with Gasteiger partial charge >= 0.3 is 12.1 Å². The molecule has 1 atom stereocenters. The van der Waals surface area contributed by atoms with Gasteiger partial charge in [-0.25, -0.2) is 14.6 Å². The summed E-state index contributed by atoms with van der Waals surface area (Å²) in [5, 5.41) is 9.04. The van der Waals surface area contributed by atoms with E-state index in [1.165, 1.54) is 10.5 Å². The fourth-order valence-corrected chi connectivity index (χ4v) is 7.45. The number of carbonyl (C=O) groups is 2. The van der Waals surface area contributed by atoms with Crippen LogP contribution in [0.5, 0.6) is 5.75 Å². The first-order valence-electron chi connectivity index (χ1n) is 19.7. The van der Waals surface area contributed by atoms with E-state index in [-0.39, 0.29) is 19.6 Å². The number of hydrogen-bond donors (Lipinski definition) is 1. The normalized spacial score (nSPS) is 13.9. The molecule has 3 heterocycles. The highest BCUT2D eigenvalue weighted by Gasteiger charge is 2.41. The number of aromatic amines is 1. The van der Waals surface area contributed by atoms with Crippen LogP contribution >= 0.6 is 0 Å². The SMILES string of the molecule is CCc1cc(OCc2ccccc2)ccc1-c1ccc2c(-c3nc4c(n3Cc3ccccc3)C[C@@H](C(=O)OCc3ccccc3)N(C(=O)OC(C)(C)C)C4)n[nH]c2c1. The van der Waals surface area contributed by atoms with Crippen LogP contribution in [0.3, 0.4) is 0 Å². The van der Waals surface area contributed by atoms with Crippen LogP contribution in [0.2, 0.25) is 0 Å². The summed E-state index contributed by atoms with van der Waals surface area (Å²) in [4.78, 5) is 34.3. The highest BCUT2D eigenvalue weighted by molar-refractivity contribution is 5.94. The van der Waals surface area contributed by atoms with Gasteiger partial charge in [0, 0.05) is 24.0 Å². The number of benzene rings is 5. The summed E-state index contributed by atoms with van der Waals surface area (Å²) in [6, 6.07) is 41.5. The Labute approximate surface area is 338 Å². The van der Waals surface area contributed by atoms with Crippen molar-refractivity contribution in [2.45, 2.75) is 78.5 Å². The summed E-state index contributed by atoms with van der Waals surface area (Å²) < 4.78 is 19.9.